The Labute approximate surface area is 259 Å². The smallest absolute Gasteiger partial charge is 0.352 e. The summed E-state index contributed by atoms with van der Waals surface area (Å²) in [4.78, 5) is 28.4. The van der Waals surface area contributed by atoms with Crippen LogP contribution in [0.5, 0.6) is 0 Å². The second-order valence-electron chi connectivity index (χ2n) is 9.87. The zero-order valence-electron chi connectivity index (χ0n) is 23.7. The van der Waals surface area contributed by atoms with Gasteiger partial charge in [-0.3, -0.25) is 13.9 Å². The number of carbonyl (C=O) groups excluding carboxylic acids is 2. The molecule has 0 aliphatic carbocycles. The van der Waals surface area contributed by atoms with Gasteiger partial charge in [0.25, 0.3) is 10.0 Å². The Kier molecular flexibility index (Phi) is 11.5. The summed E-state index contributed by atoms with van der Waals surface area (Å²) in [6.07, 6.45) is -3.98. The van der Waals surface area contributed by atoms with Gasteiger partial charge in [0.05, 0.1) is 16.1 Å². The van der Waals surface area contributed by atoms with Crippen LogP contribution in [0, 0.1) is 0 Å². The molecule has 0 spiro atoms. The summed E-state index contributed by atoms with van der Waals surface area (Å²) in [7, 11) is -4.53. The van der Waals surface area contributed by atoms with Crippen molar-refractivity contribution in [1.82, 2.24) is 10.2 Å². The first kappa shape index (κ1) is 34.2. The highest BCUT2D eigenvalue weighted by atomic mass is 35.5. The van der Waals surface area contributed by atoms with E-state index in [4.69, 9.17) is 23.2 Å². The van der Waals surface area contributed by atoms with Crippen molar-refractivity contribution in [2.45, 2.75) is 63.3 Å². The molecule has 0 saturated heterocycles. The van der Waals surface area contributed by atoms with Crippen molar-refractivity contribution in [3.63, 3.8) is 0 Å². The summed E-state index contributed by atoms with van der Waals surface area (Å²) in [5.74, 6) is -1.29. The minimum atomic E-state index is -4.76. The first-order valence-corrected chi connectivity index (χ1v) is 15.7. The average Bonchev–Trinajstić information content (AvgIpc) is 2.96. The molecule has 0 aliphatic heterocycles. The molecule has 43 heavy (non-hydrogen) atoms. The minimum Gasteiger partial charge on any atom is -0.352 e. The van der Waals surface area contributed by atoms with Crippen molar-refractivity contribution >= 4 is 50.7 Å². The van der Waals surface area contributed by atoms with E-state index in [2.05, 4.69) is 5.32 Å². The van der Waals surface area contributed by atoms with Gasteiger partial charge < -0.3 is 10.2 Å². The first-order chi connectivity index (χ1) is 20.2. The molecule has 0 aromatic heterocycles. The highest BCUT2D eigenvalue weighted by molar-refractivity contribution is 7.92. The fourth-order valence-electron chi connectivity index (χ4n) is 4.28. The molecule has 0 radical (unpaired) electrons. The molecule has 2 amide bonds. The number of benzene rings is 3. The number of carbonyl (C=O) groups is 2. The third-order valence-electron chi connectivity index (χ3n) is 6.81. The van der Waals surface area contributed by atoms with E-state index < -0.39 is 46.2 Å². The third kappa shape index (κ3) is 8.64. The summed E-state index contributed by atoms with van der Waals surface area (Å²) in [6.45, 7) is 4.29. The van der Waals surface area contributed by atoms with E-state index in [9.17, 15) is 31.2 Å². The summed E-state index contributed by atoms with van der Waals surface area (Å²) >= 11 is 12.4. The molecule has 13 heteroatoms. The van der Waals surface area contributed by atoms with E-state index in [0.717, 1.165) is 12.1 Å². The Morgan fingerprint density at radius 1 is 0.930 bits per heavy atom. The highest BCUT2D eigenvalue weighted by Crippen LogP contribution is 2.33. The molecular weight excluding hydrogens is 626 g/mol. The second kappa shape index (κ2) is 14.5. The van der Waals surface area contributed by atoms with Crippen LogP contribution in [0.3, 0.4) is 0 Å². The fraction of sp³-hybridized carbons (Fsp3) is 0.333. The number of halogens is 5. The number of amides is 2. The van der Waals surface area contributed by atoms with Gasteiger partial charge in [-0.1, -0.05) is 67.4 Å². The van der Waals surface area contributed by atoms with Crippen molar-refractivity contribution in [1.29, 1.82) is 0 Å². The lowest BCUT2D eigenvalue weighted by Crippen LogP contribution is -2.53. The molecule has 0 fully saturated rings. The van der Waals surface area contributed by atoms with Gasteiger partial charge in [-0.25, -0.2) is 8.42 Å². The number of alkyl halides is 3. The molecular formula is C30H32Cl2F3N3O4S. The molecule has 0 aliphatic rings. The Morgan fingerprint density at radius 3 is 2.19 bits per heavy atom. The van der Waals surface area contributed by atoms with Crippen LogP contribution in [0.2, 0.25) is 10.0 Å². The number of anilines is 1. The summed E-state index contributed by atoms with van der Waals surface area (Å²) in [5.41, 5.74) is -1.02. The van der Waals surface area contributed by atoms with Crippen molar-refractivity contribution in [2.75, 3.05) is 10.8 Å². The predicted octanol–water partition coefficient (Wildman–Crippen LogP) is 6.93. The Bertz CT molecular complexity index is 1540. The van der Waals surface area contributed by atoms with Crippen LogP contribution in [-0.4, -0.2) is 43.8 Å². The van der Waals surface area contributed by atoms with Gasteiger partial charge in [-0.05, 0) is 67.8 Å². The van der Waals surface area contributed by atoms with Crippen molar-refractivity contribution in [3.05, 3.63) is 94.0 Å². The monoisotopic (exact) mass is 657 g/mol. The lowest BCUT2D eigenvalue weighted by atomic mass is 10.1. The SMILES string of the molecule is CCC(C)NC(=O)C(CC)N(Cc1ccc(Cl)cc1Cl)C(=O)CN(c1cccc(C(F)(F)F)c1)S(=O)(=O)c1ccccc1. The van der Waals surface area contributed by atoms with Gasteiger partial charge in [-0.2, -0.15) is 13.2 Å². The van der Waals surface area contributed by atoms with Crippen LogP contribution in [0.1, 0.15) is 44.7 Å². The van der Waals surface area contributed by atoms with Crippen LogP contribution in [0.15, 0.2) is 77.7 Å². The maximum Gasteiger partial charge on any atom is 0.416 e. The second-order valence-corrected chi connectivity index (χ2v) is 12.6. The molecule has 0 saturated carbocycles. The fourth-order valence-corrected chi connectivity index (χ4v) is 6.18. The van der Waals surface area contributed by atoms with Gasteiger partial charge in [0.1, 0.15) is 12.6 Å². The van der Waals surface area contributed by atoms with Gasteiger partial charge in [0.15, 0.2) is 0 Å². The van der Waals surface area contributed by atoms with E-state index in [1.165, 1.54) is 41.3 Å². The minimum absolute atomic E-state index is 0.161. The van der Waals surface area contributed by atoms with Crippen molar-refractivity contribution < 1.29 is 31.2 Å². The van der Waals surface area contributed by atoms with Gasteiger partial charge in [-0.15, -0.1) is 0 Å². The maximum absolute atomic E-state index is 14.1. The molecule has 232 valence electrons. The van der Waals surface area contributed by atoms with Gasteiger partial charge >= 0.3 is 6.18 Å². The normalized spacial score (nSPS) is 13.2. The molecule has 3 aromatic carbocycles. The van der Waals surface area contributed by atoms with Crippen LogP contribution < -0.4 is 9.62 Å². The topological polar surface area (TPSA) is 86.8 Å². The first-order valence-electron chi connectivity index (χ1n) is 13.5. The van der Waals surface area contributed by atoms with Crippen LogP contribution >= 0.6 is 23.2 Å². The lowest BCUT2D eigenvalue weighted by molar-refractivity contribution is -0.140. The summed E-state index contributed by atoms with van der Waals surface area (Å²) in [6, 6.07) is 14.1. The quantitative estimate of drug-likeness (QED) is 0.229. The Hall–Kier alpha value is -3.28. The Morgan fingerprint density at radius 2 is 1.60 bits per heavy atom. The van der Waals surface area contributed by atoms with Crippen LogP contribution in [-0.2, 0) is 32.3 Å². The number of rotatable bonds is 12. The van der Waals surface area contributed by atoms with Crippen LogP contribution in [0.25, 0.3) is 0 Å². The van der Waals surface area contributed by atoms with Crippen molar-refractivity contribution in [2.24, 2.45) is 0 Å². The molecule has 3 rings (SSSR count). The van der Waals surface area contributed by atoms with E-state index >= 15 is 0 Å². The van der Waals surface area contributed by atoms with Gasteiger partial charge in [0.2, 0.25) is 11.8 Å². The third-order valence-corrected chi connectivity index (χ3v) is 9.19. The molecule has 3 aromatic rings. The van der Waals surface area contributed by atoms with Crippen LogP contribution in [0.4, 0.5) is 18.9 Å². The van der Waals surface area contributed by atoms with Gasteiger partial charge in [0, 0.05) is 22.6 Å². The van der Waals surface area contributed by atoms with E-state index in [-0.39, 0.29) is 34.6 Å². The lowest BCUT2D eigenvalue weighted by Gasteiger charge is -2.34. The highest BCUT2D eigenvalue weighted by Gasteiger charge is 2.36. The molecule has 2 unspecified atom stereocenters. The average molecular weight is 659 g/mol. The number of nitrogens with zero attached hydrogens (tertiary/aromatic N) is 2. The largest absolute Gasteiger partial charge is 0.416 e. The number of sulfonamides is 1. The zero-order chi connectivity index (χ0) is 31.9. The molecule has 7 nitrogen and oxygen atoms in total. The number of hydrogen-bond donors (Lipinski definition) is 1. The van der Waals surface area contributed by atoms with Crippen molar-refractivity contribution in [3.8, 4) is 0 Å². The number of nitrogens with one attached hydrogen (secondary N) is 1. The number of hydrogen-bond acceptors (Lipinski definition) is 4. The standard InChI is InChI=1S/C30H32Cl2F3N3O4S/c1-4-20(3)36-29(40)27(5-2)37(18-21-14-15-23(31)17-26(21)32)28(39)19-38(43(41,42)25-12-7-6-8-13-25)24-11-9-10-22(16-24)30(33,34)35/h6-17,20,27H,4-5,18-19H2,1-3H3,(H,36,40). The molecule has 2 atom stereocenters. The summed E-state index contributed by atoms with van der Waals surface area (Å²) < 4.78 is 69.1. The van der Waals surface area contributed by atoms with E-state index in [1.807, 2.05) is 6.92 Å². The predicted molar refractivity (Wildman–Crippen MR) is 161 cm³/mol. The summed E-state index contributed by atoms with van der Waals surface area (Å²) in [5, 5.41) is 3.41. The molecule has 0 heterocycles. The van der Waals surface area contributed by atoms with E-state index in [0.29, 0.717) is 27.4 Å². The molecule has 0 bridgehead atoms. The zero-order valence-corrected chi connectivity index (χ0v) is 26.1. The molecule has 1 N–H and O–H groups in total. The Balaban J connectivity index is 2.13. The van der Waals surface area contributed by atoms with E-state index in [1.54, 1.807) is 32.0 Å². The maximum atomic E-state index is 14.1.